The second-order valence-electron chi connectivity index (χ2n) is 7.24. The fourth-order valence-electron chi connectivity index (χ4n) is 3.16. The fourth-order valence-corrected chi connectivity index (χ4v) is 3.16. The van der Waals surface area contributed by atoms with Crippen LogP contribution in [0.1, 0.15) is 37.9 Å². The van der Waals surface area contributed by atoms with E-state index in [0.717, 1.165) is 5.92 Å². The smallest absolute Gasteiger partial charge is 0.0602 e. The lowest BCUT2D eigenvalue weighted by atomic mass is 9.74. The van der Waals surface area contributed by atoms with Crippen LogP contribution in [0.15, 0.2) is 60.7 Å². The fraction of sp³-hybridized carbons (Fsp3) is 0.400. The van der Waals surface area contributed by atoms with Crippen LogP contribution in [0.25, 0.3) is 0 Å². The summed E-state index contributed by atoms with van der Waals surface area (Å²) in [5.74, 6) is 0.799. The average Bonchev–Trinajstić information content (AvgIpc) is 2.42. The van der Waals surface area contributed by atoms with Gasteiger partial charge in [-0.3, -0.25) is 4.90 Å². The molecule has 0 atom stereocenters. The highest BCUT2D eigenvalue weighted by atomic mass is 35.5. The van der Waals surface area contributed by atoms with E-state index < -0.39 is 0 Å². The van der Waals surface area contributed by atoms with E-state index >= 15 is 0 Å². The first kappa shape index (κ1) is 17.1. The van der Waals surface area contributed by atoms with E-state index in [-0.39, 0.29) is 12.4 Å². The maximum Gasteiger partial charge on any atom is 0.0602 e. The minimum Gasteiger partial charge on any atom is -0.292 e. The van der Waals surface area contributed by atoms with Gasteiger partial charge in [-0.25, -0.2) is 0 Å². The Morgan fingerprint density at radius 2 is 1.23 bits per heavy atom. The minimum absolute atomic E-state index is 0. The van der Waals surface area contributed by atoms with Gasteiger partial charge in [0.25, 0.3) is 0 Å². The van der Waals surface area contributed by atoms with Crippen molar-refractivity contribution in [2.75, 3.05) is 13.1 Å². The van der Waals surface area contributed by atoms with Gasteiger partial charge in [-0.15, -0.1) is 12.4 Å². The molecule has 0 bridgehead atoms. The van der Waals surface area contributed by atoms with Crippen LogP contribution < -0.4 is 0 Å². The highest BCUT2D eigenvalue weighted by Crippen LogP contribution is 2.40. The quantitative estimate of drug-likeness (QED) is 0.754. The summed E-state index contributed by atoms with van der Waals surface area (Å²) in [5.41, 5.74) is 3.21. The largest absolute Gasteiger partial charge is 0.292 e. The lowest BCUT2D eigenvalue weighted by Crippen LogP contribution is -2.53. The van der Waals surface area contributed by atoms with Crippen LogP contribution in [0.4, 0.5) is 0 Å². The molecule has 0 aliphatic carbocycles. The topological polar surface area (TPSA) is 3.24 Å². The molecule has 2 heteroatoms. The maximum absolute atomic E-state index is 2.61. The summed E-state index contributed by atoms with van der Waals surface area (Å²) in [6.07, 6.45) is 0. The zero-order valence-electron chi connectivity index (χ0n) is 13.7. The molecule has 1 aliphatic heterocycles. The Labute approximate surface area is 140 Å². The Bertz CT molecular complexity index is 528. The summed E-state index contributed by atoms with van der Waals surface area (Å²) < 4.78 is 0. The molecular formula is C20H26ClN. The molecule has 118 valence electrons. The Kier molecular flexibility index (Phi) is 5.31. The Morgan fingerprint density at radius 1 is 0.818 bits per heavy atom. The van der Waals surface area contributed by atoms with Crippen molar-refractivity contribution in [3.05, 3.63) is 71.8 Å². The van der Waals surface area contributed by atoms with Crippen LogP contribution in [0.2, 0.25) is 0 Å². The number of nitrogens with zero attached hydrogens (tertiary/aromatic N) is 1. The van der Waals surface area contributed by atoms with Gasteiger partial charge in [0.2, 0.25) is 0 Å². The lowest BCUT2D eigenvalue weighted by molar-refractivity contribution is 0.00325. The molecule has 0 unspecified atom stereocenters. The van der Waals surface area contributed by atoms with Gasteiger partial charge in [0, 0.05) is 13.1 Å². The Balaban J connectivity index is 0.00000176. The molecular weight excluding hydrogens is 290 g/mol. The van der Waals surface area contributed by atoms with E-state index in [1.54, 1.807) is 0 Å². The zero-order valence-corrected chi connectivity index (χ0v) is 14.5. The van der Waals surface area contributed by atoms with Crippen molar-refractivity contribution in [1.29, 1.82) is 0 Å². The third-order valence-corrected chi connectivity index (χ3v) is 4.73. The Hall–Kier alpha value is -1.31. The van der Waals surface area contributed by atoms with E-state index in [9.17, 15) is 0 Å². The van der Waals surface area contributed by atoms with Crippen molar-refractivity contribution >= 4 is 12.4 Å². The van der Waals surface area contributed by atoms with Gasteiger partial charge in [0.15, 0.2) is 0 Å². The van der Waals surface area contributed by atoms with Gasteiger partial charge >= 0.3 is 0 Å². The summed E-state index contributed by atoms with van der Waals surface area (Å²) in [6, 6.07) is 22.2. The molecule has 0 amide bonds. The van der Waals surface area contributed by atoms with Gasteiger partial charge in [-0.1, -0.05) is 81.4 Å². The molecule has 0 aromatic heterocycles. The van der Waals surface area contributed by atoms with Crippen LogP contribution in [0, 0.1) is 11.3 Å². The van der Waals surface area contributed by atoms with Crippen molar-refractivity contribution in [1.82, 2.24) is 4.90 Å². The van der Waals surface area contributed by atoms with E-state index in [0.29, 0.717) is 11.5 Å². The first-order chi connectivity index (χ1) is 10.1. The van der Waals surface area contributed by atoms with Crippen molar-refractivity contribution in [2.45, 2.75) is 26.8 Å². The minimum atomic E-state index is 0. The second kappa shape index (κ2) is 6.85. The molecule has 1 nitrogen and oxygen atoms in total. The van der Waals surface area contributed by atoms with E-state index in [1.165, 1.54) is 24.2 Å². The summed E-state index contributed by atoms with van der Waals surface area (Å²) in [4.78, 5) is 2.61. The highest BCUT2D eigenvalue weighted by Gasteiger charge is 2.39. The predicted octanol–water partition coefficient (Wildman–Crippen LogP) is 5.18. The van der Waals surface area contributed by atoms with Crippen LogP contribution in [-0.2, 0) is 0 Å². The van der Waals surface area contributed by atoms with E-state index in [4.69, 9.17) is 0 Å². The van der Waals surface area contributed by atoms with Crippen molar-refractivity contribution < 1.29 is 0 Å². The van der Waals surface area contributed by atoms with Crippen molar-refractivity contribution in [3.8, 4) is 0 Å². The van der Waals surface area contributed by atoms with Gasteiger partial charge in [0.05, 0.1) is 6.04 Å². The molecule has 1 heterocycles. The third kappa shape index (κ3) is 3.53. The van der Waals surface area contributed by atoms with E-state index in [2.05, 4.69) is 86.3 Å². The summed E-state index contributed by atoms with van der Waals surface area (Å²) >= 11 is 0. The van der Waals surface area contributed by atoms with Crippen LogP contribution >= 0.6 is 12.4 Å². The molecule has 1 saturated heterocycles. The number of likely N-dealkylation sites (tertiary alicyclic amines) is 1. The summed E-state index contributed by atoms with van der Waals surface area (Å²) in [5, 5.41) is 0. The van der Waals surface area contributed by atoms with Gasteiger partial charge in [-0.05, 0) is 22.5 Å². The van der Waals surface area contributed by atoms with E-state index in [1.807, 2.05) is 0 Å². The van der Waals surface area contributed by atoms with Gasteiger partial charge in [-0.2, -0.15) is 0 Å². The van der Waals surface area contributed by atoms with Crippen molar-refractivity contribution in [3.63, 3.8) is 0 Å². The number of halogens is 1. The molecule has 1 aliphatic rings. The molecule has 0 N–H and O–H groups in total. The summed E-state index contributed by atoms with van der Waals surface area (Å²) in [6.45, 7) is 9.45. The molecule has 2 aromatic rings. The Morgan fingerprint density at radius 3 is 1.59 bits per heavy atom. The number of hydrogen-bond acceptors (Lipinski definition) is 1. The average molecular weight is 316 g/mol. The third-order valence-electron chi connectivity index (χ3n) is 4.73. The molecule has 2 aromatic carbocycles. The molecule has 22 heavy (non-hydrogen) atoms. The standard InChI is InChI=1S/C20H25N.ClH/c1-20(2,3)18-14-21(15-18)19(16-10-6-4-7-11-16)17-12-8-5-9-13-17;/h4-13,18-19H,14-15H2,1-3H3;1H. The normalized spacial score (nSPS) is 16.2. The number of hydrogen-bond donors (Lipinski definition) is 0. The van der Waals surface area contributed by atoms with Gasteiger partial charge < -0.3 is 0 Å². The molecule has 1 fully saturated rings. The summed E-state index contributed by atoms with van der Waals surface area (Å²) in [7, 11) is 0. The second-order valence-corrected chi connectivity index (χ2v) is 7.24. The first-order valence-electron chi connectivity index (χ1n) is 7.89. The highest BCUT2D eigenvalue weighted by molar-refractivity contribution is 5.85. The molecule has 0 spiro atoms. The molecule has 3 rings (SSSR count). The first-order valence-corrected chi connectivity index (χ1v) is 7.89. The predicted molar refractivity (Wildman–Crippen MR) is 96.5 cm³/mol. The maximum atomic E-state index is 2.61. The zero-order chi connectivity index (χ0) is 14.9. The van der Waals surface area contributed by atoms with Gasteiger partial charge in [0.1, 0.15) is 0 Å². The monoisotopic (exact) mass is 315 g/mol. The van der Waals surface area contributed by atoms with Crippen LogP contribution in [0.5, 0.6) is 0 Å². The molecule has 0 radical (unpaired) electrons. The lowest BCUT2D eigenvalue weighted by Gasteiger charge is -2.50. The van der Waals surface area contributed by atoms with Crippen LogP contribution in [-0.4, -0.2) is 18.0 Å². The number of benzene rings is 2. The van der Waals surface area contributed by atoms with Crippen molar-refractivity contribution in [2.24, 2.45) is 11.3 Å². The number of rotatable bonds is 3. The SMILES string of the molecule is CC(C)(C)C1CN(C(c2ccccc2)c2ccccc2)C1.Cl. The van der Waals surface area contributed by atoms with Crippen LogP contribution in [0.3, 0.4) is 0 Å². The molecule has 0 saturated carbocycles.